The molecule has 0 radical (unpaired) electrons. The van der Waals surface area contributed by atoms with Crippen LogP contribution in [-0.2, 0) is 14.3 Å². The first-order chi connectivity index (χ1) is 11.0. The molecule has 1 heterocycles. The van der Waals surface area contributed by atoms with Crippen molar-refractivity contribution in [2.24, 2.45) is 0 Å². The highest BCUT2D eigenvalue weighted by Crippen LogP contribution is 2.10. The molecule has 0 fully saturated rings. The number of hydrogen-bond acceptors (Lipinski definition) is 5. The lowest BCUT2D eigenvalue weighted by Crippen LogP contribution is -2.29. The van der Waals surface area contributed by atoms with E-state index in [-0.39, 0.29) is 5.82 Å². The maximum atomic E-state index is 11.9. The van der Waals surface area contributed by atoms with Crippen molar-refractivity contribution in [2.75, 3.05) is 5.32 Å². The van der Waals surface area contributed by atoms with E-state index in [1.54, 1.807) is 19.1 Å². The zero-order valence-electron chi connectivity index (χ0n) is 13.2. The molecular weight excluding hydrogens is 296 g/mol. The average molecular weight is 314 g/mol. The van der Waals surface area contributed by atoms with E-state index in [0.29, 0.717) is 5.76 Å². The molecule has 0 aliphatic carbocycles. The zero-order valence-corrected chi connectivity index (χ0v) is 13.2. The summed E-state index contributed by atoms with van der Waals surface area (Å²) >= 11 is 0. The van der Waals surface area contributed by atoms with Gasteiger partial charge in [-0.05, 0) is 38.0 Å². The highest BCUT2D eigenvalue weighted by atomic mass is 16.5. The smallest absolute Gasteiger partial charge is 0.331 e. The molecule has 1 amide bonds. The van der Waals surface area contributed by atoms with Crippen LogP contribution in [0.15, 0.2) is 40.9 Å². The Bertz CT molecular complexity index is 734. The molecule has 0 saturated carbocycles. The van der Waals surface area contributed by atoms with E-state index in [9.17, 15) is 9.59 Å². The molecule has 1 N–H and O–H groups in total. The fourth-order valence-corrected chi connectivity index (χ4v) is 1.85. The number of nitrogens with one attached hydrogen (secondary N) is 1. The summed E-state index contributed by atoms with van der Waals surface area (Å²) in [5.41, 5.74) is 1.96. The van der Waals surface area contributed by atoms with Crippen LogP contribution in [0, 0.1) is 13.8 Å². The fourth-order valence-electron chi connectivity index (χ4n) is 1.85. The van der Waals surface area contributed by atoms with E-state index in [0.717, 1.165) is 11.1 Å². The normalized spacial score (nSPS) is 12.1. The maximum Gasteiger partial charge on any atom is 0.331 e. The largest absolute Gasteiger partial charge is 0.449 e. The van der Waals surface area contributed by atoms with E-state index in [1.807, 2.05) is 31.2 Å². The van der Waals surface area contributed by atoms with E-state index in [2.05, 4.69) is 10.5 Å². The fraction of sp³-hybridized carbons (Fsp3) is 0.235. The number of ether oxygens (including phenoxy) is 1. The number of carbonyl (C=O) groups is 2. The molecule has 23 heavy (non-hydrogen) atoms. The van der Waals surface area contributed by atoms with Crippen LogP contribution in [0.3, 0.4) is 0 Å². The molecule has 2 rings (SSSR count). The molecule has 1 atom stereocenters. The number of amides is 1. The van der Waals surface area contributed by atoms with E-state index >= 15 is 0 Å². The molecule has 120 valence electrons. The van der Waals surface area contributed by atoms with Crippen LogP contribution in [0.2, 0.25) is 0 Å². The van der Waals surface area contributed by atoms with Gasteiger partial charge in [-0.1, -0.05) is 29.4 Å². The number of aromatic nitrogens is 1. The lowest BCUT2D eigenvalue weighted by molar-refractivity contribution is -0.148. The molecule has 1 aromatic carbocycles. The van der Waals surface area contributed by atoms with Crippen LogP contribution in [0.4, 0.5) is 5.82 Å². The second kappa shape index (κ2) is 7.40. The highest BCUT2D eigenvalue weighted by Gasteiger charge is 2.17. The molecule has 0 bridgehead atoms. The minimum absolute atomic E-state index is 0.283. The number of nitrogens with zero attached hydrogens (tertiary/aromatic N) is 1. The van der Waals surface area contributed by atoms with Crippen molar-refractivity contribution < 1.29 is 18.8 Å². The number of benzene rings is 1. The first-order valence-electron chi connectivity index (χ1n) is 7.14. The predicted molar refractivity (Wildman–Crippen MR) is 85.6 cm³/mol. The highest BCUT2D eigenvalue weighted by molar-refractivity contribution is 5.96. The molecule has 0 aliphatic rings. The van der Waals surface area contributed by atoms with Gasteiger partial charge in [-0.15, -0.1) is 0 Å². The molecule has 0 aliphatic heterocycles. The molecule has 2 aromatic rings. The SMILES string of the molecule is Cc1cc(NC(=O)[C@@H](C)OC(=O)/C=C/c2ccccc2C)no1. The molecule has 6 heteroatoms. The minimum atomic E-state index is -0.943. The summed E-state index contributed by atoms with van der Waals surface area (Å²) in [6.07, 6.45) is 2.01. The average Bonchev–Trinajstić information content (AvgIpc) is 2.91. The first kappa shape index (κ1) is 16.5. The Morgan fingerprint density at radius 3 is 2.70 bits per heavy atom. The summed E-state index contributed by atoms with van der Waals surface area (Å²) in [6.45, 7) is 5.14. The Morgan fingerprint density at radius 1 is 1.30 bits per heavy atom. The number of anilines is 1. The van der Waals surface area contributed by atoms with Gasteiger partial charge in [-0.25, -0.2) is 4.79 Å². The number of aryl methyl sites for hydroxylation is 2. The summed E-state index contributed by atoms with van der Waals surface area (Å²) < 4.78 is 9.90. The molecule has 0 saturated heterocycles. The number of hydrogen-bond donors (Lipinski definition) is 1. The van der Waals surface area contributed by atoms with Crippen LogP contribution in [-0.4, -0.2) is 23.1 Å². The van der Waals surface area contributed by atoms with Crippen molar-refractivity contribution in [3.05, 3.63) is 53.3 Å². The Balaban J connectivity index is 1.89. The van der Waals surface area contributed by atoms with Gasteiger partial charge in [-0.2, -0.15) is 0 Å². The number of carbonyl (C=O) groups excluding carboxylic acids is 2. The minimum Gasteiger partial charge on any atom is -0.449 e. The van der Waals surface area contributed by atoms with Gasteiger partial charge in [-0.3, -0.25) is 4.79 Å². The van der Waals surface area contributed by atoms with Gasteiger partial charge in [0.05, 0.1) is 0 Å². The Labute approximate surface area is 134 Å². The van der Waals surface area contributed by atoms with Gasteiger partial charge >= 0.3 is 5.97 Å². The van der Waals surface area contributed by atoms with Gasteiger partial charge in [0, 0.05) is 12.1 Å². The first-order valence-corrected chi connectivity index (χ1v) is 7.14. The molecule has 6 nitrogen and oxygen atoms in total. The Kier molecular flexibility index (Phi) is 5.30. The van der Waals surface area contributed by atoms with Gasteiger partial charge in [0.1, 0.15) is 5.76 Å². The summed E-state index contributed by atoms with van der Waals surface area (Å²) in [7, 11) is 0. The van der Waals surface area contributed by atoms with Crippen molar-refractivity contribution in [3.8, 4) is 0 Å². The third-order valence-corrected chi connectivity index (χ3v) is 3.13. The number of rotatable bonds is 5. The second-order valence-electron chi connectivity index (χ2n) is 5.08. The standard InChI is InChI=1S/C17H18N2O4/c1-11-6-4-5-7-14(11)8-9-16(20)22-13(3)17(21)18-15-10-12(2)23-19-15/h4-10,13H,1-3H3,(H,18,19,21)/b9-8+/t13-/m1/s1. The van der Waals surface area contributed by atoms with E-state index in [1.165, 1.54) is 13.0 Å². The third-order valence-electron chi connectivity index (χ3n) is 3.13. The quantitative estimate of drug-likeness (QED) is 0.678. The molecule has 0 spiro atoms. The Morgan fingerprint density at radius 2 is 2.04 bits per heavy atom. The van der Waals surface area contributed by atoms with Crippen LogP contribution < -0.4 is 5.32 Å². The molecule has 1 aromatic heterocycles. The van der Waals surface area contributed by atoms with Crippen molar-refractivity contribution >= 4 is 23.8 Å². The lowest BCUT2D eigenvalue weighted by atomic mass is 10.1. The Hall–Kier alpha value is -2.89. The van der Waals surface area contributed by atoms with Crippen molar-refractivity contribution in [2.45, 2.75) is 26.9 Å². The zero-order chi connectivity index (χ0) is 16.8. The molecule has 0 unspecified atom stereocenters. The lowest BCUT2D eigenvalue weighted by Gasteiger charge is -2.10. The second-order valence-corrected chi connectivity index (χ2v) is 5.08. The van der Waals surface area contributed by atoms with Crippen molar-refractivity contribution in [3.63, 3.8) is 0 Å². The van der Waals surface area contributed by atoms with E-state index < -0.39 is 18.0 Å². The van der Waals surface area contributed by atoms with Gasteiger partial charge < -0.3 is 14.6 Å². The van der Waals surface area contributed by atoms with Crippen LogP contribution >= 0.6 is 0 Å². The molecular formula is C17H18N2O4. The summed E-state index contributed by atoms with van der Waals surface area (Å²) in [5.74, 6) is -0.208. The van der Waals surface area contributed by atoms with Gasteiger partial charge in [0.25, 0.3) is 5.91 Å². The summed E-state index contributed by atoms with van der Waals surface area (Å²) in [6, 6.07) is 9.21. The van der Waals surface area contributed by atoms with Crippen LogP contribution in [0.25, 0.3) is 6.08 Å². The van der Waals surface area contributed by atoms with Crippen LogP contribution in [0.1, 0.15) is 23.8 Å². The summed E-state index contributed by atoms with van der Waals surface area (Å²) in [5, 5.41) is 6.15. The number of esters is 1. The summed E-state index contributed by atoms with van der Waals surface area (Å²) in [4.78, 5) is 23.7. The van der Waals surface area contributed by atoms with Crippen molar-refractivity contribution in [1.82, 2.24) is 5.16 Å². The van der Waals surface area contributed by atoms with E-state index in [4.69, 9.17) is 9.26 Å². The topological polar surface area (TPSA) is 81.4 Å². The van der Waals surface area contributed by atoms with Gasteiger partial charge in [0.15, 0.2) is 11.9 Å². The predicted octanol–water partition coefficient (Wildman–Crippen LogP) is 2.88. The maximum absolute atomic E-state index is 11.9. The van der Waals surface area contributed by atoms with Crippen LogP contribution in [0.5, 0.6) is 0 Å². The van der Waals surface area contributed by atoms with Crippen molar-refractivity contribution in [1.29, 1.82) is 0 Å². The van der Waals surface area contributed by atoms with Gasteiger partial charge in [0.2, 0.25) is 0 Å². The monoisotopic (exact) mass is 314 g/mol. The third kappa shape index (κ3) is 4.81.